The van der Waals surface area contributed by atoms with Crippen LogP contribution < -0.4 is 4.74 Å². The molecule has 0 saturated carbocycles. The number of fused-ring (bicyclic) bond motifs is 1. The zero-order chi connectivity index (χ0) is 25.8. The van der Waals surface area contributed by atoms with Gasteiger partial charge in [-0.25, -0.2) is 8.42 Å². The molecule has 0 N–H and O–H groups in total. The minimum Gasteiger partial charge on any atom is -0.496 e. The zero-order valence-electron chi connectivity index (χ0n) is 20.6. The zero-order valence-corrected chi connectivity index (χ0v) is 21.4. The number of para-hydroxylation sites is 1. The maximum absolute atomic E-state index is 13.2. The molecule has 0 unspecified atom stereocenters. The lowest BCUT2D eigenvalue weighted by Crippen LogP contribution is -2.48. The molecule has 5 rings (SSSR count). The van der Waals surface area contributed by atoms with Crippen LogP contribution >= 0.6 is 0 Å². The molecule has 8 nitrogen and oxygen atoms in total. The summed E-state index contributed by atoms with van der Waals surface area (Å²) in [6, 6.07) is 17.5. The number of amides is 1. The van der Waals surface area contributed by atoms with Crippen molar-refractivity contribution in [3.63, 3.8) is 0 Å². The summed E-state index contributed by atoms with van der Waals surface area (Å²) >= 11 is 0. The molecule has 0 spiro atoms. The average Bonchev–Trinajstić information content (AvgIpc) is 2.93. The molecule has 2 aromatic heterocycles. The van der Waals surface area contributed by atoms with Crippen LogP contribution in [0.15, 0.2) is 84.1 Å². The lowest BCUT2D eigenvalue weighted by Gasteiger charge is -2.35. The topological polar surface area (TPSA) is 92.7 Å². The van der Waals surface area contributed by atoms with Gasteiger partial charge in [0.25, 0.3) is 5.91 Å². The Labute approximate surface area is 216 Å². The minimum atomic E-state index is -3.61. The number of hydrogen-bond donors (Lipinski definition) is 0. The second-order valence-corrected chi connectivity index (χ2v) is 11.0. The predicted octanol–water partition coefficient (Wildman–Crippen LogP) is 3.57. The summed E-state index contributed by atoms with van der Waals surface area (Å²) in [6.45, 7) is 3.45. The Kier molecular flexibility index (Phi) is 7.16. The van der Waals surface area contributed by atoms with Crippen LogP contribution in [0.5, 0.6) is 5.75 Å². The second-order valence-electron chi connectivity index (χ2n) is 9.04. The Morgan fingerprint density at radius 3 is 2.46 bits per heavy atom. The molecule has 190 valence electrons. The third-order valence-electron chi connectivity index (χ3n) is 6.62. The molecule has 37 heavy (non-hydrogen) atoms. The number of hydrogen-bond acceptors (Lipinski definition) is 7. The molecular formula is C28H28N4O4S. The van der Waals surface area contributed by atoms with Gasteiger partial charge in [-0.15, -0.1) is 0 Å². The van der Waals surface area contributed by atoms with E-state index in [0.717, 1.165) is 29.8 Å². The fraction of sp³-hybridized carbons (Fsp3) is 0.250. The van der Waals surface area contributed by atoms with Crippen molar-refractivity contribution in [1.82, 2.24) is 19.8 Å². The monoisotopic (exact) mass is 516 g/mol. The molecule has 1 saturated heterocycles. The van der Waals surface area contributed by atoms with Crippen molar-refractivity contribution >= 4 is 26.6 Å². The molecule has 1 aliphatic rings. The summed E-state index contributed by atoms with van der Waals surface area (Å²) in [5.41, 5.74) is 2.67. The number of aromatic nitrogens is 2. The van der Waals surface area contributed by atoms with Crippen molar-refractivity contribution in [2.75, 3.05) is 33.3 Å². The van der Waals surface area contributed by atoms with Crippen LogP contribution in [-0.2, 0) is 22.1 Å². The highest BCUT2D eigenvalue weighted by atomic mass is 32.2. The van der Waals surface area contributed by atoms with Gasteiger partial charge >= 0.3 is 0 Å². The van der Waals surface area contributed by atoms with Crippen LogP contribution in [0.3, 0.4) is 0 Å². The highest BCUT2D eigenvalue weighted by Gasteiger charge is 2.24. The molecule has 9 heteroatoms. The number of ether oxygens (including phenoxy) is 1. The second kappa shape index (κ2) is 10.7. The molecule has 0 bridgehead atoms. The Balaban J connectivity index is 1.21. The van der Waals surface area contributed by atoms with Crippen molar-refractivity contribution in [3.8, 4) is 5.75 Å². The van der Waals surface area contributed by atoms with Crippen LogP contribution in [0.4, 0.5) is 0 Å². The smallest absolute Gasteiger partial charge is 0.253 e. The Hall–Kier alpha value is -3.82. The molecule has 1 amide bonds. The van der Waals surface area contributed by atoms with Gasteiger partial charge in [-0.3, -0.25) is 19.7 Å². The van der Waals surface area contributed by atoms with Crippen LogP contribution in [-0.4, -0.2) is 67.4 Å². The maximum Gasteiger partial charge on any atom is 0.253 e. The molecule has 0 aliphatic carbocycles. The van der Waals surface area contributed by atoms with Gasteiger partial charge in [0.2, 0.25) is 0 Å². The van der Waals surface area contributed by atoms with E-state index < -0.39 is 9.84 Å². The molecule has 0 atom stereocenters. The number of benzene rings is 2. The van der Waals surface area contributed by atoms with Crippen LogP contribution in [0.1, 0.15) is 21.5 Å². The summed E-state index contributed by atoms with van der Waals surface area (Å²) in [5.74, 6) is 0.603. The minimum absolute atomic E-state index is 0.0498. The van der Waals surface area contributed by atoms with Gasteiger partial charge in [-0.1, -0.05) is 30.3 Å². The van der Waals surface area contributed by atoms with Crippen molar-refractivity contribution in [1.29, 1.82) is 0 Å². The van der Waals surface area contributed by atoms with Gasteiger partial charge < -0.3 is 9.64 Å². The van der Waals surface area contributed by atoms with Crippen LogP contribution in [0.25, 0.3) is 10.9 Å². The summed E-state index contributed by atoms with van der Waals surface area (Å²) in [4.78, 5) is 25.9. The van der Waals surface area contributed by atoms with Crippen molar-refractivity contribution in [2.24, 2.45) is 0 Å². The van der Waals surface area contributed by atoms with Gasteiger partial charge in [0.1, 0.15) is 5.75 Å². The van der Waals surface area contributed by atoms with E-state index in [1.165, 1.54) is 0 Å². The Morgan fingerprint density at radius 1 is 0.946 bits per heavy atom. The Morgan fingerprint density at radius 2 is 1.70 bits per heavy atom. The molecule has 0 radical (unpaired) electrons. The van der Waals surface area contributed by atoms with E-state index in [1.54, 1.807) is 62.0 Å². The van der Waals surface area contributed by atoms with Crippen LogP contribution in [0.2, 0.25) is 0 Å². The quantitative estimate of drug-likeness (QED) is 0.371. The van der Waals surface area contributed by atoms with E-state index in [0.29, 0.717) is 36.3 Å². The number of pyridine rings is 2. The van der Waals surface area contributed by atoms with E-state index in [2.05, 4.69) is 14.9 Å². The van der Waals surface area contributed by atoms with Crippen molar-refractivity contribution < 1.29 is 17.9 Å². The van der Waals surface area contributed by atoms with E-state index in [1.807, 2.05) is 29.3 Å². The summed E-state index contributed by atoms with van der Waals surface area (Å²) in [6.07, 6.45) is 5.12. The van der Waals surface area contributed by atoms with Gasteiger partial charge in [0, 0.05) is 67.8 Å². The Bertz CT molecular complexity index is 1510. The van der Waals surface area contributed by atoms with E-state index in [9.17, 15) is 13.2 Å². The molecule has 1 aliphatic heterocycles. The number of rotatable bonds is 7. The van der Waals surface area contributed by atoms with Gasteiger partial charge in [-0.05, 0) is 35.9 Å². The normalized spacial score (nSPS) is 14.6. The molecule has 3 heterocycles. The van der Waals surface area contributed by atoms with E-state index in [-0.39, 0.29) is 16.6 Å². The standard InChI is InChI=1S/C28H28N4O4S/c1-36-25-11-13-29-18-24(25)19-31-14-16-32(17-15-31)28(33)23-9-7-21(8-10-23)20-37(34,35)26-6-2-4-22-5-3-12-30-27(22)26/h2-13,18H,14-17,19-20H2,1H3. The number of methoxy groups -OCH3 is 1. The number of nitrogens with zero attached hydrogens (tertiary/aromatic N) is 4. The number of carbonyl (C=O) groups excluding carboxylic acids is 1. The summed E-state index contributed by atoms with van der Waals surface area (Å²) < 4.78 is 31.7. The first kappa shape index (κ1) is 24.9. The summed E-state index contributed by atoms with van der Waals surface area (Å²) in [5, 5.41) is 0.782. The number of carbonyl (C=O) groups is 1. The maximum atomic E-state index is 13.2. The fourth-order valence-corrected chi connectivity index (χ4v) is 6.17. The van der Waals surface area contributed by atoms with E-state index in [4.69, 9.17) is 4.74 Å². The first-order chi connectivity index (χ1) is 17.9. The van der Waals surface area contributed by atoms with Crippen molar-refractivity contribution in [3.05, 3.63) is 95.9 Å². The fourth-order valence-electron chi connectivity index (χ4n) is 4.63. The van der Waals surface area contributed by atoms with Crippen molar-refractivity contribution in [2.45, 2.75) is 17.2 Å². The van der Waals surface area contributed by atoms with Gasteiger partial charge in [0.15, 0.2) is 9.84 Å². The highest BCUT2D eigenvalue weighted by molar-refractivity contribution is 7.90. The molecule has 1 fully saturated rings. The largest absolute Gasteiger partial charge is 0.496 e. The highest BCUT2D eigenvalue weighted by Crippen LogP contribution is 2.25. The first-order valence-corrected chi connectivity index (χ1v) is 13.7. The van der Waals surface area contributed by atoms with Gasteiger partial charge in [-0.2, -0.15) is 0 Å². The molecule has 2 aromatic carbocycles. The third kappa shape index (κ3) is 5.47. The molecule has 4 aromatic rings. The van der Waals surface area contributed by atoms with Crippen LogP contribution in [0, 0.1) is 0 Å². The number of sulfone groups is 1. The SMILES string of the molecule is COc1ccncc1CN1CCN(C(=O)c2ccc(CS(=O)(=O)c3cccc4cccnc34)cc2)CC1. The lowest BCUT2D eigenvalue weighted by atomic mass is 10.1. The molecular weight excluding hydrogens is 488 g/mol. The third-order valence-corrected chi connectivity index (χ3v) is 8.33. The van der Waals surface area contributed by atoms with E-state index >= 15 is 0 Å². The number of piperazine rings is 1. The predicted molar refractivity (Wildman–Crippen MR) is 141 cm³/mol. The first-order valence-electron chi connectivity index (χ1n) is 12.1. The average molecular weight is 517 g/mol. The summed E-state index contributed by atoms with van der Waals surface area (Å²) in [7, 11) is -1.96. The van der Waals surface area contributed by atoms with Gasteiger partial charge in [0.05, 0.1) is 23.3 Å². The lowest BCUT2D eigenvalue weighted by molar-refractivity contribution is 0.0627.